The van der Waals surface area contributed by atoms with E-state index in [0.29, 0.717) is 0 Å². The SMILES string of the molecule is CC(C)(C)[Si](C)(C)OC1CCc2c(F)cc(Br)cc21. The van der Waals surface area contributed by atoms with Crippen LogP contribution in [0.3, 0.4) is 0 Å². The molecule has 1 aliphatic carbocycles. The normalized spacial score (nSPS) is 19.6. The molecule has 1 nitrogen and oxygen atoms in total. The second-order valence-electron chi connectivity index (χ2n) is 6.86. The van der Waals surface area contributed by atoms with E-state index >= 15 is 0 Å². The van der Waals surface area contributed by atoms with E-state index in [1.165, 1.54) is 0 Å². The zero-order chi connectivity index (χ0) is 14.4. The molecule has 2 rings (SSSR count). The van der Waals surface area contributed by atoms with E-state index in [1.807, 2.05) is 6.07 Å². The van der Waals surface area contributed by atoms with Gasteiger partial charge in [-0.3, -0.25) is 0 Å². The highest BCUT2D eigenvalue weighted by molar-refractivity contribution is 9.10. The predicted octanol–water partition coefficient (Wildman–Crippen LogP) is 5.60. The summed E-state index contributed by atoms with van der Waals surface area (Å²) < 4.78 is 21.2. The van der Waals surface area contributed by atoms with Crippen molar-refractivity contribution in [2.24, 2.45) is 0 Å². The van der Waals surface area contributed by atoms with Gasteiger partial charge in [0.05, 0.1) is 6.10 Å². The van der Waals surface area contributed by atoms with Crippen molar-refractivity contribution >= 4 is 24.2 Å². The molecule has 4 heteroatoms. The Balaban J connectivity index is 2.29. The molecular weight excluding hydrogens is 323 g/mol. The van der Waals surface area contributed by atoms with Gasteiger partial charge >= 0.3 is 0 Å². The first-order valence-corrected chi connectivity index (χ1v) is 10.5. The van der Waals surface area contributed by atoms with Crippen LogP contribution < -0.4 is 0 Å². The summed E-state index contributed by atoms with van der Waals surface area (Å²) in [6, 6.07) is 3.57. The third-order valence-electron chi connectivity index (χ3n) is 4.44. The first-order chi connectivity index (χ1) is 8.62. The molecule has 0 bridgehead atoms. The van der Waals surface area contributed by atoms with E-state index < -0.39 is 8.32 Å². The average Bonchev–Trinajstić information content (AvgIpc) is 2.59. The van der Waals surface area contributed by atoms with Gasteiger partial charge in [-0.1, -0.05) is 36.7 Å². The Morgan fingerprint density at radius 3 is 2.53 bits per heavy atom. The molecule has 0 spiro atoms. The molecule has 106 valence electrons. The molecule has 0 aromatic heterocycles. The quantitative estimate of drug-likeness (QED) is 0.634. The summed E-state index contributed by atoms with van der Waals surface area (Å²) in [5, 5.41) is 0.181. The fourth-order valence-electron chi connectivity index (χ4n) is 2.26. The van der Waals surface area contributed by atoms with Crippen molar-refractivity contribution in [1.82, 2.24) is 0 Å². The third kappa shape index (κ3) is 2.95. The topological polar surface area (TPSA) is 9.23 Å². The van der Waals surface area contributed by atoms with Gasteiger partial charge in [-0.05, 0) is 54.2 Å². The Kier molecular flexibility index (Phi) is 3.98. The lowest BCUT2D eigenvalue weighted by molar-refractivity contribution is 0.185. The van der Waals surface area contributed by atoms with Crippen LogP contribution in [0, 0.1) is 5.82 Å². The molecule has 19 heavy (non-hydrogen) atoms. The van der Waals surface area contributed by atoms with Crippen LogP contribution in [0.15, 0.2) is 16.6 Å². The molecule has 0 amide bonds. The van der Waals surface area contributed by atoms with E-state index in [0.717, 1.165) is 28.4 Å². The third-order valence-corrected chi connectivity index (χ3v) is 9.39. The summed E-state index contributed by atoms with van der Waals surface area (Å²) in [6.45, 7) is 11.2. The van der Waals surface area contributed by atoms with Gasteiger partial charge < -0.3 is 4.43 Å². The van der Waals surface area contributed by atoms with Gasteiger partial charge in [0.15, 0.2) is 8.32 Å². The lowest BCUT2D eigenvalue weighted by Gasteiger charge is -2.38. The van der Waals surface area contributed by atoms with E-state index in [1.54, 1.807) is 6.07 Å². The summed E-state index contributed by atoms with van der Waals surface area (Å²) in [4.78, 5) is 0. The van der Waals surface area contributed by atoms with Crippen molar-refractivity contribution in [2.75, 3.05) is 0 Å². The Morgan fingerprint density at radius 1 is 1.32 bits per heavy atom. The van der Waals surface area contributed by atoms with Crippen LogP contribution >= 0.6 is 15.9 Å². The molecule has 0 saturated carbocycles. The minimum absolute atomic E-state index is 0.0582. The van der Waals surface area contributed by atoms with Crippen LogP contribution in [0.1, 0.15) is 44.4 Å². The van der Waals surface area contributed by atoms with E-state index in [4.69, 9.17) is 4.43 Å². The maximum Gasteiger partial charge on any atom is 0.192 e. The van der Waals surface area contributed by atoms with Gasteiger partial charge in [0, 0.05) is 4.47 Å². The monoisotopic (exact) mass is 344 g/mol. The van der Waals surface area contributed by atoms with Crippen LogP contribution in [0.2, 0.25) is 18.1 Å². The summed E-state index contributed by atoms with van der Waals surface area (Å²) in [7, 11) is -1.81. The van der Waals surface area contributed by atoms with Gasteiger partial charge in [0.1, 0.15) is 5.82 Å². The molecule has 1 aromatic carbocycles. The number of hydrogen-bond acceptors (Lipinski definition) is 1. The Labute approximate surface area is 124 Å². The molecule has 1 aliphatic rings. The minimum atomic E-state index is -1.81. The van der Waals surface area contributed by atoms with Crippen LogP contribution in [-0.4, -0.2) is 8.32 Å². The molecule has 0 saturated heterocycles. The van der Waals surface area contributed by atoms with Crippen LogP contribution in [0.5, 0.6) is 0 Å². The summed E-state index contributed by atoms with van der Waals surface area (Å²) in [6.07, 6.45) is 1.74. The molecule has 0 fully saturated rings. The van der Waals surface area contributed by atoms with Crippen molar-refractivity contribution in [3.8, 4) is 0 Å². The minimum Gasteiger partial charge on any atom is -0.410 e. The lowest BCUT2D eigenvalue weighted by atomic mass is 10.1. The zero-order valence-corrected chi connectivity index (χ0v) is 14.9. The molecule has 0 N–H and O–H groups in total. The van der Waals surface area contributed by atoms with Crippen LogP contribution in [0.25, 0.3) is 0 Å². The molecule has 0 aliphatic heterocycles. The fourth-order valence-corrected chi connectivity index (χ4v) is 4.02. The first-order valence-electron chi connectivity index (χ1n) is 6.77. The number of hydrogen-bond donors (Lipinski definition) is 0. The standard InChI is InChI=1S/C15H22BrFOSi/c1-15(2,3)19(4,5)18-14-7-6-11-12(14)8-10(16)9-13(11)17/h8-9,14H,6-7H2,1-5H3. The van der Waals surface area contributed by atoms with E-state index in [-0.39, 0.29) is 17.0 Å². The lowest BCUT2D eigenvalue weighted by Crippen LogP contribution is -2.41. The summed E-state index contributed by atoms with van der Waals surface area (Å²) in [5.41, 5.74) is 1.88. The van der Waals surface area contributed by atoms with Gasteiger partial charge in [0.25, 0.3) is 0 Å². The summed E-state index contributed by atoms with van der Waals surface area (Å²) >= 11 is 3.38. The maximum absolute atomic E-state index is 13.9. The Hall–Kier alpha value is -0.193. The molecule has 1 aromatic rings. The van der Waals surface area contributed by atoms with Crippen LogP contribution in [0.4, 0.5) is 4.39 Å². The number of rotatable bonds is 2. The molecule has 0 heterocycles. The fraction of sp³-hybridized carbons (Fsp3) is 0.600. The van der Waals surface area contributed by atoms with E-state index in [9.17, 15) is 4.39 Å². The van der Waals surface area contributed by atoms with Gasteiger partial charge in [-0.15, -0.1) is 0 Å². The van der Waals surface area contributed by atoms with Crippen molar-refractivity contribution in [3.05, 3.63) is 33.5 Å². The average molecular weight is 345 g/mol. The maximum atomic E-state index is 13.9. The largest absolute Gasteiger partial charge is 0.410 e. The van der Waals surface area contributed by atoms with Crippen molar-refractivity contribution in [3.63, 3.8) is 0 Å². The predicted molar refractivity (Wildman–Crippen MR) is 83.4 cm³/mol. The second kappa shape index (κ2) is 4.97. The van der Waals surface area contributed by atoms with Gasteiger partial charge in [-0.2, -0.15) is 0 Å². The van der Waals surface area contributed by atoms with E-state index in [2.05, 4.69) is 49.8 Å². The Bertz CT molecular complexity index is 494. The number of benzene rings is 1. The van der Waals surface area contributed by atoms with Crippen molar-refractivity contribution < 1.29 is 8.82 Å². The highest BCUT2D eigenvalue weighted by Gasteiger charge is 2.41. The van der Waals surface area contributed by atoms with Crippen molar-refractivity contribution in [2.45, 2.75) is 57.8 Å². The zero-order valence-electron chi connectivity index (χ0n) is 12.3. The molecule has 1 unspecified atom stereocenters. The second-order valence-corrected chi connectivity index (χ2v) is 12.5. The first kappa shape index (κ1) is 15.2. The Morgan fingerprint density at radius 2 is 1.95 bits per heavy atom. The summed E-state index contributed by atoms with van der Waals surface area (Å²) in [5.74, 6) is -0.106. The highest BCUT2D eigenvalue weighted by atomic mass is 79.9. The molecular formula is C15H22BrFOSi. The number of halogens is 2. The molecule has 0 radical (unpaired) electrons. The van der Waals surface area contributed by atoms with Crippen molar-refractivity contribution in [1.29, 1.82) is 0 Å². The highest BCUT2D eigenvalue weighted by Crippen LogP contribution is 2.44. The van der Waals surface area contributed by atoms with Crippen LogP contribution in [-0.2, 0) is 10.8 Å². The smallest absolute Gasteiger partial charge is 0.192 e. The number of fused-ring (bicyclic) bond motifs is 1. The van der Waals surface area contributed by atoms with Gasteiger partial charge in [-0.25, -0.2) is 4.39 Å². The molecule has 1 atom stereocenters. The van der Waals surface area contributed by atoms with Gasteiger partial charge in [0.2, 0.25) is 0 Å².